The van der Waals surface area contributed by atoms with Crippen LogP contribution >= 0.6 is 11.6 Å². The Morgan fingerprint density at radius 3 is 2.56 bits per heavy atom. The van der Waals surface area contributed by atoms with Crippen LogP contribution in [0.2, 0.25) is 5.02 Å². The second-order valence-corrected chi connectivity index (χ2v) is 6.39. The van der Waals surface area contributed by atoms with Crippen molar-refractivity contribution in [3.8, 4) is 5.75 Å². The molecule has 1 aliphatic rings. The third-order valence-electron chi connectivity index (χ3n) is 4.41. The highest BCUT2D eigenvalue weighted by molar-refractivity contribution is 6.32. The van der Waals surface area contributed by atoms with Crippen molar-refractivity contribution in [1.82, 2.24) is 4.90 Å². The number of nitro benzene ring substituents is 1. The van der Waals surface area contributed by atoms with Crippen LogP contribution in [0.1, 0.15) is 5.56 Å². The van der Waals surface area contributed by atoms with E-state index in [0.29, 0.717) is 6.54 Å². The van der Waals surface area contributed by atoms with Crippen LogP contribution in [-0.4, -0.2) is 43.1 Å². The molecule has 0 aliphatic carbocycles. The van der Waals surface area contributed by atoms with Crippen molar-refractivity contribution in [3.63, 3.8) is 0 Å². The Bertz CT molecular complexity index is 761. The monoisotopic (exact) mass is 361 g/mol. The van der Waals surface area contributed by atoms with Crippen LogP contribution < -0.4 is 9.64 Å². The van der Waals surface area contributed by atoms with Crippen molar-refractivity contribution in [1.29, 1.82) is 0 Å². The molecular weight excluding hydrogens is 342 g/mol. The summed E-state index contributed by atoms with van der Waals surface area (Å²) in [7, 11) is 1.68. The average Bonchev–Trinajstić information content (AvgIpc) is 2.63. The van der Waals surface area contributed by atoms with Gasteiger partial charge in [-0.25, -0.2) is 0 Å². The number of rotatable bonds is 5. The molecule has 1 saturated heterocycles. The highest BCUT2D eigenvalue weighted by atomic mass is 35.5. The molecule has 0 radical (unpaired) electrons. The SMILES string of the molecule is COc1ccccc1N1CCN(Cc2ccc(Cl)c([N+](=O)[O-])c2)CC1. The molecule has 0 spiro atoms. The van der Waals surface area contributed by atoms with Crippen LogP contribution in [-0.2, 0) is 6.54 Å². The predicted molar refractivity (Wildman–Crippen MR) is 98.6 cm³/mol. The molecule has 1 aliphatic heterocycles. The lowest BCUT2D eigenvalue weighted by atomic mass is 10.1. The van der Waals surface area contributed by atoms with Crippen molar-refractivity contribution in [2.45, 2.75) is 6.54 Å². The van der Waals surface area contributed by atoms with Crippen LogP contribution in [0.4, 0.5) is 11.4 Å². The lowest BCUT2D eigenvalue weighted by Crippen LogP contribution is -2.46. The van der Waals surface area contributed by atoms with Crippen LogP contribution in [0.5, 0.6) is 5.75 Å². The Morgan fingerprint density at radius 1 is 1.16 bits per heavy atom. The van der Waals surface area contributed by atoms with E-state index < -0.39 is 4.92 Å². The van der Waals surface area contributed by atoms with Crippen LogP contribution in [0.3, 0.4) is 0 Å². The van der Waals surface area contributed by atoms with Gasteiger partial charge in [0.05, 0.1) is 17.7 Å². The number of nitro groups is 1. The second-order valence-electron chi connectivity index (χ2n) is 5.98. The molecular formula is C18H20ClN3O3. The number of methoxy groups -OCH3 is 1. The highest BCUT2D eigenvalue weighted by Gasteiger charge is 2.20. The van der Waals surface area contributed by atoms with Crippen molar-refractivity contribution in [2.24, 2.45) is 0 Å². The van der Waals surface area contributed by atoms with Gasteiger partial charge < -0.3 is 9.64 Å². The Hall–Kier alpha value is -2.31. The first kappa shape index (κ1) is 17.5. The van der Waals surface area contributed by atoms with E-state index in [1.807, 2.05) is 24.3 Å². The fourth-order valence-corrected chi connectivity index (χ4v) is 3.28. The summed E-state index contributed by atoms with van der Waals surface area (Å²) in [5, 5.41) is 11.2. The standard InChI is InChI=1S/C18H20ClN3O3/c1-25-18-5-3-2-4-16(18)21-10-8-20(9-11-21)13-14-6-7-15(19)17(12-14)22(23)24/h2-7,12H,8-11,13H2,1H3. The van der Waals surface area contributed by atoms with Gasteiger partial charge in [-0.3, -0.25) is 15.0 Å². The number of ether oxygens (including phenoxy) is 1. The number of para-hydroxylation sites is 2. The molecule has 0 atom stereocenters. The van der Waals surface area contributed by atoms with E-state index in [1.54, 1.807) is 19.2 Å². The fraction of sp³-hybridized carbons (Fsp3) is 0.333. The first-order valence-corrected chi connectivity index (χ1v) is 8.49. The van der Waals surface area contributed by atoms with E-state index in [9.17, 15) is 10.1 Å². The first-order valence-electron chi connectivity index (χ1n) is 8.11. The quantitative estimate of drug-likeness (QED) is 0.601. The Balaban J connectivity index is 1.63. The third-order valence-corrected chi connectivity index (χ3v) is 4.73. The predicted octanol–water partition coefficient (Wildman–Crippen LogP) is 3.58. The molecule has 0 saturated carbocycles. The van der Waals surface area contributed by atoms with Gasteiger partial charge in [0, 0.05) is 38.8 Å². The molecule has 25 heavy (non-hydrogen) atoms. The molecule has 6 nitrogen and oxygen atoms in total. The summed E-state index contributed by atoms with van der Waals surface area (Å²) in [5.41, 5.74) is 1.97. The van der Waals surface area contributed by atoms with Gasteiger partial charge in [-0.05, 0) is 23.8 Å². The molecule has 1 heterocycles. The van der Waals surface area contributed by atoms with Gasteiger partial charge in [-0.2, -0.15) is 0 Å². The van der Waals surface area contributed by atoms with E-state index in [-0.39, 0.29) is 10.7 Å². The maximum atomic E-state index is 11.0. The molecule has 1 fully saturated rings. The second kappa shape index (κ2) is 7.72. The summed E-state index contributed by atoms with van der Waals surface area (Å²) in [4.78, 5) is 15.2. The molecule has 0 N–H and O–H groups in total. The average molecular weight is 362 g/mol. The minimum Gasteiger partial charge on any atom is -0.495 e. The van der Waals surface area contributed by atoms with Crippen LogP contribution in [0.25, 0.3) is 0 Å². The maximum absolute atomic E-state index is 11.0. The minimum absolute atomic E-state index is 0.0353. The van der Waals surface area contributed by atoms with Gasteiger partial charge in [-0.15, -0.1) is 0 Å². The number of piperazine rings is 1. The van der Waals surface area contributed by atoms with E-state index in [2.05, 4.69) is 15.9 Å². The number of nitrogens with zero attached hydrogens (tertiary/aromatic N) is 3. The van der Waals surface area contributed by atoms with Gasteiger partial charge in [-0.1, -0.05) is 29.8 Å². The molecule has 0 aromatic heterocycles. The normalized spacial score (nSPS) is 15.2. The zero-order valence-electron chi connectivity index (χ0n) is 14.0. The largest absolute Gasteiger partial charge is 0.495 e. The van der Waals surface area contributed by atoms with Gasteiger partial charge in [0.25, 0.3) is 5.69 Å². The highest BCUT2D eigenvalue weighted by Crippen LogP contribution is 2.29. The third kappa shape index (κ3) is 4.03. The maximum Gasteiger partial charge on any atom is 0.288 e. The van der Waals surface area contributed by atoms with Gasteiger partial charge in [0.15, 0.2) is 0 Å². The van der Waals surface area contributed by atoms with Crippen molar-refractivity contribution < 1.29 is 9.66 Å². The molecule has 132 valence electrons. The van der Waals surface area contributed by atoms with E-state index in [4.69, 9.17) is 16.3 Å². The number of hydrogen-bond acceptors (Lipinski definition) is 5. The lowest BCUT2D eigenvalue weighted by Gasteiger charge is -2.36. The molecule has 0 unspecified atom stereocenters. The number of anilines is 1. The number of halogens is 1. The molecule has 0 amide bonds. The van der Waals surface area contributed by atoms with E-state index in [1.165, 1.54) is 0 Å². The summed E-state index contributed by atoms with van der Waals surface area (Å²) < 4.78 is 5.44. The van der Waals surface area contributed by atoms with Crippen molar-refractivity contribution >= 4 is 23.0 Å². The van der Waals surface area contributed by atoms with Gasteiger partial charge >= 0.3 is 0 Å². The molecule has 3 rings (SSSR count). The number of hydrogen-bond donors (Lipinski definition) is 0. The Kier molecular flexibility index (Phi) is 5.40. The van der Waals surface area contributed by atoms with E-state index in [0.717, 1.165) is 43.2 Å². The van der Waals surface area contributed by atoms with Gasteiger partial charge in [0.2, 0.25) is 0 Å². The summed E-state index contributed by atoms with van der Waals surface area (Å²) in [5.74, 6) is 0.879. The molecule has 7 heteroatoms. The van der Waals surface area contributed by atoms with E-state index >= 15 is 0 Å². The molecule has 2 aromatic carbocycles. The summed E-state index contributed by atoms with van der Waals surface area (Å²) >= 11 is 5.88. The Labute approximate surface area is 151 Å². The first-order chi connectivity index (χ1) is 12.1. The molecule has 2 aromatic rings. The van der Waals surface area contributed by atoms with Crippen molar-refractivity contribution in [2.75, 3.05) is 38.2 Å². The number of benzene rings is 2. The lowest BCUT2D eigenvalue weighted by molar-refractivity contribution is -0.384. The van der Waals surface area contributed by atoms with Crippen molar-refractivity contribution in [3.05, 3.63) is 63.2 Å². The summed E-state index contributed by atoms with van der Waals surface area (Å²) in [6, 6.07) is 13.0. The zero-order chi connectivity index (χ0) is 17.8. The minimum atomic E-state index is -0.439. The summed E-state index contributed by atoms with van der Waals surface area (Å²) in [6.07, 6.45) is 0. The summed E-state index contributed by atoms with van der Waals surface area (Å²) in [6.45, 7) is 4.22. The topological polar surface area (TPSA) is 58.8 Å². The van der Waals surface area contributed by atoms with Crippen LogP contribution in [0.15, 0.2) is 42.5 Å². The Morgan fingerprint density at radius 2 is 1.88 bits per heavy atom. The fourth-order valence-electron chi connectivity index (χ4n) is 3.09. The van der Waals surface area contributed by atoms with Gasteiger partial charge in [0.1, 0.15) is 10.8 Å². The zero-order valence-corrected chi connectivity index (χ0v) is 14.8. The molecule has 0 bridgehead atoms. The smallest absolute Gasteiger partial charge is 0.288 e. The van der Waals surface area contributed by atoms with Crippen LogP contribution in [0, 0.1) is 10.1 Å².